The number of aryl methyl sites for hydroxylation is 2. The van der Waals surface area contributed by atoms with Crippen LogP contribution in [0.1, 0.15) is 23.4 Å². The van der Waals surface area contributed by atoms with Crippen LogP contribution in [0.4, 0.5) is 0 Å². The molecule has 2 amide bonds. The minimum absolute atomic E-state index is 0.0234. The summed E-state index contributed by atoms with van der Waals surface area (Å²) in [5.74, 6) is 0.987. The molecule has 2 heterocycles. The predicted octanol–water partition coefficient (Wildman–Crippen LogP) is 2.50. The van der Waals surface area contributed by atoms with Crippen molar-refractivity contribution in [3.05, 3.63) is 65.5 Å². The van der Waals surface area contributed by atoms with E-state index < -0.39 is 0 Å². The SMILES string of the molecule is Cc1ccccc1CC(=O)NCCCc1nc2ccccc2n1CC(=O)N1CCOCC1. The Morgan fingerprint density at radius 2 is 1.81 bits per heavy atom. The van der Waals surface area contributed by atoms with E-state index in [1.807, 2.05) is 64.9 Å². The third kappa shape index (κ3) is 5.34. The summed E-state index contributed by atoms with van der Waals surface area (Å²) in [6.07, 6.45) is 1.84. The number of fused-ring (bicyclic) bond motifs is 1. The fraction of sp³-hybridized carbons (Fsp3) is 0.400. The van der Waals surface area contributed by atoms with Gasteiger partial charge < -0.3 is 19.5 Å². The Kier molecular flexibility index (Phi) is 7.17. The van der Waals surface area contributed by atoms with E-state index in [0.717, 1.165) is 34.4 Å². The lowest BCUT2D eigenvalue weighted by molar-refractivity contribution is -0.135. The molecule has 1 aliphatic rings. The number of nitrogens with zero attached hydrogens (tertiary/aromatic N) is 3. The van der Waals surface area contributed by atoms with Crippen LogP contribution in [0.25, 0.3) is 11.0 Å². The number of nitrogens with one attached hydrogen (secondary N) is 1. The molecule has 0 saturated carbocycles. The van der Waals surface area contributed by atoms with E-state index in [4.69, 9.17) is 9.72 Å². The van der Waals surface area contributed by atoms with Gasteiger partial charge in [-0.3, -0.25) is 9.59 Å². The summed E-state index contributed by atoms with van der Waals surface area (Å²) in [6.45, 7) is 5.31. The number of hydrogen-bond donors (Lipinski definition) is 1. The number of rotatable bonds is 8. The maximum absolute atomic E-state index is 12.8. The molecule has 1 N–H and O–H groups in total. The Morgan fingerprint density at radius 3 is 2.62 bits per heavy atom. The van der Waals surface area contributed by atoms with E-state index in [9.17, 15) is 9.59 Å². The highest BCUT2D eigenvalue weighted by Crippen LogP contribution is 2.18. The molecule has 4 rings (SSSR count). The van der Waals surface area contributed by atoms with Gasteiger partial charge in [-0.05, 0) is 36.6 Å². The van der Waals surface area contributed by atoms with Crippen LogP contribution in [0.3, 0.4) is 0 Å². The fourth-order valence-corrected chi connectivity index (χ4v) is 4.06. The summed E-state index contributed by atoms with van der Waals surface area (Å²) < 4.78 is 7.38. The van der Waals surface area contributed by atoms with Crippen molar-refractivity contribution in [2.24, 2.45) is 0 Å². The van der Waals surface area contributed by atoms with E-state index >= 15 is 0 Å². The van der Waals surface area contributed by atoms with E-state index in [2.05, 4.69) is 5.32 Å². The summed E-state index contributed by atoms with van der Waals surface area (Å²) in [7, 11) is 0. The number of amides is 2. The standard InChI is InChI=1S/C25H30N4O3/c1-19-7-2-3-8-20(19)17-24(30)26-12-6-11-23-27-21-9-4-5-10-22(21)29(23)18-25(31)28-13-15-32-16-14-28/h2-5,7-10H,6,11-18H2,1H3,(H,26,30). The number of hydrogen-bond acceptors (Lipinski definition) is 4. The smallest absolute Gasteiger partial charge is 0.242 e. The van der Waals surface area contributed by atoms with Gasteiger partial charge in [0.25, 0.3) is 0 Å². The lowest BCUT2D eigenvalue weighted by Crippen LogP contribution is -2.42. The summed E-state index contributed by atoms with van der Waals surface area (Å²) in [6, 6.07) is 15.8. The van der Waals surface area contributed by atoms with Crippen LogP contribution in [-0.2, 0) is 33.7 Å². The van der Waals surface area contributed by atoms with Crippen molar-refractivity contribution >= 4 is 22.8 Å². The molecule has 32 heavy (non-hydrogen) atoms. The molecule has 0 bridgehead atoms. The monoisotopic (exact) mass is 434 g/mol. The van der Waals surface area contributed by atoms with Crippen LogP contribution in [0.15, 0.2) is 48.5 Å². The highest BCUT2D eigenvalue weighted by atomic mass is 16.5. The van der Waals surface area contributed by atoms with Gasteiger partial charge in [-0.25, -0.2) is 4.98 Å². The molecule has 0 atom stereocenters. The quantitative estimate of drug-likeness (QED) is 0.553. The Balaban J connectivity index is 1.36. The van der Waals surface area contributed by atoms with Gasteiger partial charge in [0.05, 0.1) is 30.7 Å². The number of carbonyl (C=O) groups excluding carboxylic acids is 2. The molecular formula is C25H30N4O3. The Labute approximate surface area is 188 Å². The van der Waals surface area contributed by atoms with Gasteiger partial charge in [-0.2, -0.15) is 0 Å². The predicted molar refractivity (Wildman–Crippen MR) is 123 cm³/mol. The number of ether oxygens (including phenoxy) is 1. The number of morpholine rings is 1. The zero-order valence-corrected chi connectivity index (χ0v) is 18.5. The van der Waals surface area contributed by atoms with Crippen molar-refractivity contribution in [1.82, 2.24) is 19.8 Å². The largest absolute Gasteiger partial charge is 0.378 e. The van der Waals surface area contributed by atoms with Gasteiger partial charge in [0.15, 0.2) is 0 Å². The van der Waals surface area contributed by atoms with Crippen molar-refractivity contribution in [1.29, 1.82) is 0 Å². The molecule has 1 saturated heterocycles. The molecule has 0 radical (unpaired) electrons. The van der Waals surface area contributed by atoms with E-state index in [-0.39, 0.29) is 18.4 Å². The van der Waals surface area contributed by atoms with Crippen LogP contribution in [-0.4, -0.2) is 59.1 Å². The van der Waals surface area contributed by atoms with Crippen molar-refractivity contribution in [2.45, 2.75) is 32.7 Å². The second kappa shape index (κ2) is 10.4. The minimum Gasteiger partial charge on any atom is -0.378 e. The average molecular weight is 435 g/mol. The molecule has 1 fully saturated rings. The molecule has 7 nitrogen and oxygen atoms in total. The molecule has 168 valence electrons. The molecule has 2 aromatic carbocycles. The first kappa shape index (κ1) is 22.0. The number of benzene rings is 2. The number of para-hydroxylation sites is 2. The summed E-state index contributed by atoms with van der Waals surface area (Å²) >= 11 is 0. The molecule has 0 unspecified atom stereocenters. The highest BCUT2D eigenvalue weighted by Gasteiger charge is 2.20. The summed E-state index contributed by atoms with van der Waals surface area (Å²) in [4.78, 5) is 31.8. The van der Waals surface area contributed by atoms with E-state index in [0.29, 0.717) is 45.7 Å². The van der Waals surface area contributed by atoms with Crippen LogP contribution in [0, 0.1) is 6.92 Å². The van der Waals surface area contributed by atoms with Gasteiger partial charge in [-0.1, -0.05) is 36.4 Å². The zero-order chi connectivity index (χ0) is 22.3. The molecular weight excluding hydrogens is 404 g/mol. The molecule has 3 aromatic rings. The van der Waals surface area contributed by atoms with Gasteiger partial charge in [0.2, 0.25) is 11.8 Å². The zero-order valence-electron chi connectivity index (χ0n) is 18.5. The van der Waals surface area contributed by atoms with Gasteiger partial charge in [-0.15, -0.1) is 0 Å². The highest BCUT2D eigenvalue weighted by molar-refractivity contribution is 5.81. The molecule has 7 heteroatoms. The first-order chi connectivity index (χ1) is 15.6. The maximum atomic E-state index is 12.8. The Hall–Kier alpha value is -3.19. The van der Waals surface area contributed by atoms with Crippen molar-refractivity contribution < 1.29 is 14.3 Å². The normalized spacial score (nSPS) is 14.0. The third-order valence-corrected chi connectivity index (χ3v) is 5.90. The van der Waals surface area contributed by atoms with Crippen molar-refractivity contribution in [3.8, 4) is 0 Å². The Bertz CT molecular complexity index is 1090. The van der Waals surface area contributed by atoms with Gasteiger partial charge >= 0.3 is 0 Å². The fourth-order valence-electron chi connectivity index (χ4n) is 4.06. The van der Waals surface area contributed by atoms with Crippen molar-refractivity contribution in [3.63, 3.8) is 0 Å². The van der Waals surface area contributed by atoms with Crippen LogP contribution < -0.4 is 5.32 Å². The van der Waals surface area contributed by atoms with Crippen LogP contribution >= 0.6 is 0 Å². The van der Waals surface area contributed by atoms with Crippen LogP contribution in [0.5, 0.6) is 0 Å². The lowest BCUT2D eigenvalue weighted by atomic mass is 10.1. The Morgan fingerprint density at radius 1 is 1.06 bits per heavy atom. The average Bonchev–Trinajstić information content (AvgIpc) is 3.16. The molecule has 0 aliphatic carbocycles. The van der Waals surface area contributed by atoms with Gasteiger partial charge in [0.1, 0.15) is 12.4 Å². The second-order valence-electron chi connectivity index (χ2n) is 8.15. The number of aromatic nitrogens is 2. The minimum atomic E-state index is 0.0234. The summed E-state index contributed by atoms with van der Waals surface area (Å²) in [5, 5.41) is 3.01. The molecule has 1 aliphatic heterocycles. The van der Waals surface area contributed by atoms with Gasteiger partial charge in [0, 0.05) is 26.1 Å². The third-order valence-electron chi connectivity index (χ3n) is 5.90. The van der Waals surface area contributed by atoms with Crippen LogP contribution in [0.2, 0.25) is 0 Å². The molecule has 1 aromatic heterocycles. The summed E-state index contributed by atoms with van der Waals surface area (Å²) in [5.41, 5.74) is 4.03. The van der Waals surface area contributed by atoms with E-state index in [1.165, 1.54) is 0 Å². The van der Waals surface area contributed by atoms with E-state index in [1.54, 1.807) is 0 Å². The first-order valence-corrected chi connectivity index (χ1v) is 11.2. The topological polar surface area (TPSA) is 76.5 Å². The maximum Gasteiger partial charge on any atom is 0.242 e. The lowest BCUT2D eigenvalue weighted by Gasteiger charge is -2.27. The number of imidazole rings is 1. The van der Waals surface area contributed by atoms with Crippen molar-refractivity contribution in [2.75, 3.05) is 32.8 Å². The number of carbonyl (C=O) groups is 2. The second-order valence-corrected chi connectivity index (χ2v) is 8.15. The first-order valence-electron chi connectivity index (χ1n) is 11.2. The molecule has 0 spiro atoms.